The first-order valence-electron chi connectivity index (χ1n) is 7.97. The summed E-state index contributed by atoms with van der Waals surface area (Å²) in [4.78, 5) is 16.9. The van der Waals surface area contributed by atoms with E-state index in [9.17, 15) is 13.2 Å². The maximum Gasteiger partial charge on any atom is 0.230 e. The second kappa shape index (κ2) is 7.43. The third-order valence-corrected chi connectivity index (χ3v) is 6.55. The van der Waals surface area contributed by atoms with Crippen LogP contribution in [-0.2, 0) is 21.1 Å². The van der Waals surface area contributed by atoms with Crippen molar-refractivity contribution in [3.05, 3.63) is 48.0 Å². The molecule has 0 aliphatic heterocycles. The van der Waals surface area contributed by atoms with Crippen molar-refractivity contribution in [2.45, 2.75) is 18.2 Å². The molecule has 0 aliphatic rings. The smallest absolute Gasteiger partial charge is 0.230 e. The zero-order valence-electron chi connectivity index (χ0n) is 14.4. The number of hydrogen-bond donors (Lipinski definition) is 1. The van der Waals surface area contributed by atoms with Crippen LogP contribution in [-0.4, -0.2) is 32.2 Å². The zero-order chi connectivity index (χ0) is 18.7. The van der Waals surface area contributed by atoms with E-state index in [0.717, 1.165) is 21.5 Å². The Balaban J connectivity index is 1.69. The zero-order valence-corrected chi connectivity index (χ0v) is 16.0. The lowest BCUT2D eigenvalue weighted by Crippen LogP contribution is -2.14. The van der Waals surface area contributed by atoms with Crippen molar-refractivity contribution in [3.8, 4) is 5.75 Å². The maximum absolute atomic E-state index is 12.2. The number of thiazole rings is 1. The van der Waals surface area contributed by atoms with Crippen LogP contribution in [0.4, 0.5) is 5.13 Å². The van der Waals surface area contributed by atoms with Gasteiger partial charge in [-0.2, -0.15) is 0 Å². The second-order valence-corrected chi connectivity index (χ2v) is 8.93. The molecule has 0 saturated carbocycles. The summed E-state index contributed by atoms with van der Waals surface area (Å²) in [5.41, 5.74) is 1.53. The Morgan fingerprint density at radius 3 is 2.58 bits per heavy atom. The molecule has 1 heterocycles. The summed E-state index contributed by atoms with van der Waals surface area (Å²) >= 11 is 1.37. The maximum atomic E-state index is 12.2. The van der Waals surface area contributed by atoms with Gasteiger partial charge in [-0.1, -0.05) is 30.4 Å². The van der Waals surface area contributed by atoms with Crippen molar-refractivity contribution in [1.82, 2.24) is 4.98 Å². The number of fused-ring (bicyclic) bond motifs is 1. The summed E-state index contributed by atoms with van der Waals surface area (Å²) in [7, 11) is -1.63. The Labute approximate surface area is 155 Å². The highest BCUT2D eigenvalue weighted by Crippen LogP contribution is 2.29. The van der Waals surface area contributed by atoms with Gasteiger partial charge >= 0.3 is 0 Å². The third-order valence-electron chi connectivity index (χ3n) is 3.87. The van der Waals surface area contributed by atoms with E-state index >= 15 is 0 Å². The van der Waals surface area contributed by atoms with Crippen LogP contribution < -0.4 is 10.1 Å². The molecule has 2 aromatic carbocycles. The molecule has 3 rings (SSSR count). The number of rotatable bonds is 6. The largest absolute Gasteiger partial charge is 0.497 e. The van der Waals surface area contributed by atoms with E-state index in [2.05, 4.69) is 10.3 Å². The van der Waals surface area contributed by atoms with Crippen LogP contribution in [0.5, 0.6) is 5.75 Å². The number of carbonyl (C=O) groups excluding carboxylic acids is 1. The number of methoxy groups -OCH3 is 1. The normalized spacial score (nSPS) is 11.5. The number of carbonyl (C=O) groups is 1. The fraction of sp³-hybridized carbons (Fsp3) is 0.222. The molecule has 0 fully saturated rings. The molecule has 0 atom stereocenters. The Morgan fingerprint density at radius 2 is 1.92 bits per heavy atom. The molecular weight excluding hydrogens is 372 g/mol. The monoisotopic (exact) mass is 390 g/mol. The van der Waals surface area contributed by atoms with E-state index in [1.165, 1.54) is 23.5 Å². The van der Waals surface area contributed by atoms with E-state index < -0.39 is 9.84 Å². The molecule has 0 unspecified atom stereocenters. The van der Waals surface area contributed by atoms with Crippen LogP contribution >= 0.6 is 11.3 Å². The molecule has 0 aliphatic carbocycles. The molecule has 1 aromatic heterocycles. The van der Waals surface area contributed by atoms with E-state index in [4.69, 9.17) is 4.74 Å². The standard InChI is InChI=1S/C18H18N2O4S2/c1-3-26(22,23)14-7-4-12(5-8-14)10-17(21)20-18-19-15-9-6-13(24-2)11-16(15)25-18/h4-9,11H,3,10H2,1-2H3,(H,19,20,21). The summed E-state index contributed by atoms with van der Waals surface area (Å²) < 4.78 is 29.7. The number of benzene rings is 2. The van der Waals surface area contributed by atoms with Gasteiger partial charge in [0, 0.05) is 0 Å². The van der Waals surface area contributed by atoms with Gasteiger partial charge < -0.3 is 10.1 Å². The van der Waals surface area contributed by atoms with Gasteiger partial charge in [0.25, 0.3) is 0 Å². The van der Waals surface area contributed by atoms with Crippen LogP contribution in [0.3, 0.4) is 0 Å². The molecule has 0 spiro atoms. The van der Waals surface area contributed by atoms with Gasteiger partial charge in [-0.25, -0.2) is 13.4 Å². The van der Waals surface area contributed by atoms with Crippen molar-refractivity contribution in [3.63, 3.8) is 0 Å². The molecule has 1 N–H and O–H groups in total. The van der Waals surface area contributed by atoms with Crippen molar-refractivity contribution < 1.29 is 17.9 Å². The number of hydrogen-bond acceptors (Lipinski definition) is 6. The minimum Gasteiger partial charge on any atom is -0.497 e. The molecule has 0 bridgehead atoms. The van der Waals surface area contributed by atoms with Crippen molar-refractivity contribution in [2.75, 3.05) is 18.2 Å². The lowest BCUT2D eigenvalue weighted by atomic mass is 10.1. The summed E-state index contributed by atoms with van der Waals surface area (Å²) in [5, 5.41) is 3.30. The van der Waals surface area contributed by atoms with E-state index in [1.54, 1.807) is 26.2 Å². The van der Waals surface area contributed by atoms with Crippen molar-refractivity contribution >= 4 is 42.4 Å². The van der Waals surface area contributed by atoms with Crippen LogP contribution in [0.25, 0.3) is 10.2 Å². The average molecular weight is 390 g/mol. The number of ether oxygens (including phenoxy) is 1. The van der Waals surface area contributed by atoms with Gasteiger partial charge in [0.05, 0.1) is 34.4 Å². The number of amides is 1. The highest BCUT2D eigenvalue weighted by atomic mass is 32.2. The number of anilines is 1. The number of sulfone groups is 1. The van der Waals surface area contributed by atoms with E-state index in [1.807, 2.05) is 18.2 Å². The predicted molar refractivity (Wildman–Crippen MR) is 103 cm³/mol. The SMILES string of the molecule is CCS(=O)(=O)c1ccc(CC(=O)Nc2nc3ccc(OC)cc3s2)cc1. The Morgan fingerprint density at radius 1 is 1.19 bits per heavy atom. The molecule has 0 radical (unpaired) electrons. The van der Waals surface area contributed by atoms with Gasteiger partial charge in [-0.3, -0.25) is 4.79 Å². The van der Waals surface area contributed by atoms with Crippen LogP contribution in [0.2, 0.25) is 0 Å². The molecule has 136 valence electrons. The Kier molecular flexibility index (Phi) is 5.24. The van der Waals surface area contributed by atoms with Gasteiger partial charge in [0.1, 0.15) is 5.75 Å². The number of aromatic nitrogens is 1. The first-order chi connectivity index (χ1) is 12.4. The number of nitrogens with zero attached hydrogens (tertiary/aromatic N) is 1. The lowest BCUT2D eigenvalue weighted by molar-refractivity contribution is -0.115. The minimum absolute atomic E-state index is 0.0508. The summed E-state index contributed by atoms with van der Waals surface area (Å²) in [5.74, 6) is 0.582. The molecular formula is C18H18N2O4S2. The van der Waals surface area contributed by atoms with E-state index in [0.29, 0.717) is 5.13 Å². The predicted octanol–water partition coefficient (Wildman–Crippen LogP) is 3.28. The Hall–Kier alpha value is -2.45. The number of nitrogens with one attached hydrogen (secondary N) is 1. The van der Waals surface area contributed by atoms with Crippen LogP contribution in [0.1, 0.15) is 12.5 Å². The topological polar surface area (TPSA) is 85.4 Å². The van der Waals surface area contributed by atoms with E-state index in [-0.39, 0.29) is 23.0 Å². The molecule has 1 amide bonds. The van der Waals surface area contributed by atoms with Gasteiger partial charge in [-0.05, 0) is 35.9 Å². The first-order valence-corrected chi connectivity index (χ1v) is 10.4. The fourth-order valence-corrected chi connectivity index (χ4v) is 4.21. The minimum atomic E-state index is -3.23. The van der Waals surface area contributed by atoms with Crippen LogP contribution in [0, 0.1) is 0 Å². The van der Waals surface area contributed by atoms with Crippen molar-refractivity contribution in [2.24, 2.45) is 0 Å². The van der Waals surface area contributed by atoms with Gasteiger partial charge in [-0.15, -0.1) is 0 Å². The highest BCUT2D eigenvalue weighted by Gasteiger charge is 2.13. The first kappa shape index (κ1) is 18.3. The molecule has 6 nitrogen and oxygen atoms in total. The van der Waals surface area contributed by atoms with Gasteiger partial charge in [0.2, 0.25) is 5.91 Å². The Bertz CT molecular complexity index is 1040. The summed E-state index contributed by atoms with van der Waals surface area (Å²) in [6, 6.07) is 11.9. The molecule has 0 saturated heterocycles. The third kappa shape index (κ3) is 4.03. The fourth-order valence-electron chi connectivity index (χ4n) is 2.42. The van der Waals surface area contributed by atoms with Crippen molar-refractivity contribution in [1.29, 1.82) is 0 Å². The average Bonchev–Trinajstić information content (AvgIpc) is 3.03. The summed E-state index contributed by atoms with van der Waals surface area (Å²) in [6.07, 6.45) is 0.145. The molecule has 8 heteroatoms. The quantitative estimate of drug-likeness (QED) is 0.698. The second-order valence-electron chi connectivity index (χ2n) is 5.62. The lowest BCUT2D eigenvalue weighted by Gasteiger charge is -2.04. The molecule has 3 aromatic rings. The molecule has 26 heavy (non-hydrogen) atoms. The van der Waals surface area contributed by atoms with Crippen LogP contribution in [0.15, 0.2) is 47.4 Å². The van der Waals surface area contributed by atoms with Gasteiger partial charge in [0.15, 0.2) is 15.0 Å². The summed E-state index contributed by atoms with van der Waals surface area (Å²) in [6.45, 7) is 1.60. The highest BCUT2D eigenvalue weighted by molar-refractivity contribution is 7.91.